The maximum absolute atomic E-state index is 14.9. The number of hydrogen-bond acceptors (Lipinski definition) is 20. The standard InChI is InChI=1S/C53H84O20/c1-23-11-16-53(48(65)73-46-42(64)40(62)38(60)30(70-46)22-67-44-35(57)24(2)34(56)29(20-54)69-44)18-17-51(7)26(27(53)19-23)9-10-32-50(6)14-13-33(49(4,5)31(50)12-15-52(32,51)8)71-47-43(37(59)28(55)21-66-47)72-45-41(63)39(61)36(58)25(3)68-45/h9,24-25,27-47,54-64H,1,10-22H2,2-8H3/t24-,25-,27-,28+,29+,30+,31+,32-,33-,34-,35+,36-,37-,38+,39+,40-,41+,42+,43+,44+,45-,46-,47-,50-,51+,52-,53-/m0/s1. The van der Waals surface area contributed by atoms with E-state index in [2.05, 4.69) is 47.3 Å². The van der Waals surface area contributed by atoms with Gasteiger partial charge in [0.15, 0.2) is 18.9 Å². The zero-order valence-corrected chi connectivity index (χ0v) is 43.3. The van der Waals surface area contributed by atoms with Gasteiger partial charge in [0.05, 0.1) is 43.5 Å². The minimum absolute atomic E-state index is 0.140. The zero-order valence-electron chi connectivity index (χ0n) is 43.3. The van der Waals surface area contributed by atoms with Crippen molar-refractivity contribution in [3.8, 4) is 0 Å². The van der Waals surface area contributed by atoms with Gasteiger partial charge in [-0.25, -0.2) is 0 Å². The molecule has 0 aromatic heterocycles. The predicted octanol–water partition coefficient (Wildman–Crippen LogP) is 0.437. The molecule has 11 N–H and O–H groups in total. The van der Waals surface area contributed by atoms with Crippen LogP contribution in [0.1, 0.15) is 113 Å². The van der Waals surface area contributed by atoms with Crippen molar-refractivity contribution < 1.29 is 98.9 Å². The molecule has 73 heavy (non-hydrogen) atoms. The van der Waals surface area contributed by atoms with Crippen molar-refractivity contribution in [1.29, 1.82) is 0 Å². The first-order valence-electron chi connectivity index (χ1n) is 26.8. The molecule has 0 aromatic carbocycles. The SMILES string of the molecule is C=C1CC[C@]2(C(=O)O[C@@H]3O[C@H](CO[C@@H]4O[C@H](CO)[C@@H](O)[C@H](C)[C@H]4O)[C@@H](O)[C@H](O)[C@H]3O)CC[C@]3(C)C(=CC[C@H]4[C@@]5(C)CC[C@H](O[C@@H]6OC[C@@H](O)[C@H](O)[C@H]6O[C@@H]6O[C@@H](C)[C@H](O)[C@@H](O)[C@H]6O)C(C)(C)[C@H]5CC[C@@]43C)[C@@H]2C1. The monoisotopic (exact) mass is 1040 g/mol. The smallest absolute Gasteiger partial charge is 0.315 e. The Bertz CT molecular complexity index is 2040. The lowest BCUT2D eigenvalue weighted by Crippen LogP contribution is -2.66. The molecule has 4 heterocycles. The lowest BCUT2D eigenvalue weighted by molar-refractivity contribution is -0.364. The molecule has 8 fully saturated rings. The molecule has 0 unspecified atom stereocenters. The van der Waals surface area contributed by atoms with Crippen molar-refractivity contribution in [1.82, 2.24) is 0 Å². The van der Waals surface area contributed by atoms with Gasteiger partial charge >= 0.3 is 5.97 Å². The van der Waals surface area contributed by atoms with Gasteiger partial charge in [0, 0.05) is 11.8 Å². The van der Waals surface area contributed by atoms with Crippen LogP contribution in [0.15, 0.2) is 23.8 Å². The fraction of sp³-hybridized carbons (Fsp3) is 0.906. The molecule has 0 bridgehead atoms. The maximum Gasteiger partial charge on any atom is 0.315 e. The first-order valence-corrected chi connectivity index (χ1v) is 26.8. The highest BCUT2D eigenvalue weighted by atomic mass is 16.8. The third-order valence-corrected chi connectivity index (χ3v) is 20.8. The normalized spacial score (nSPS) is 54.0. The van der Waals surface area contributed by atoms with E-state index < -0.39 is 147 Å². The van der Waals surface area contributed by atoms with Crippen molar-refractivity contribution in [2.24, 2.45) is 50.7 Å². The molecule has 416 valence electrons. The van der Waals surface area contributed by atoms with Crippen LogP contribution in [0.2, 0.25) is 0 Å². The molecular formula is C53H84O20. The van der Waals surface area contributed by atoms with Crippen LogP contribution in [0, 0.1) is 50.7 Å². The second-order valence-corrected chi connectivity index (χ2v) is 24.8. The molecule has 20 heteroatoms. The first kappa shape index (κ1) is 56.0. The lowest BCUT2D eigenvalue weighted by Gasteiger charge is -2.71. The van der Waals surface area contributed by atoms with E-state index in [1.807, 2.05) is 0 Å². The number of carbonyl (C=O) groups is 1. The molecule has 9 aliphatic rings. The Balaban J connectivity index is 0.910. The summed E-state index contributed by atoms with van der Waals surface area (Å²) >= 11 is 0. The van der Waals surface area contributed by atoms with E-state index in [1.54, 1.807) is 6.92 Å². The summed E-state index contributed by atoms with van der Waals surface area (Å²) in [7, 11) is 0. The minimum atomic E-state index is -1.79. The van der Waals surface area contributed by atoms with Crippen LogP contribution in [-0.4, -0.2) is 199 Å². The number of allylic oxidation sites excluding steroid dienone is 3. The summed E-state index contributed by atoms with van der Waals surface area (Å²) in [5.41, 5.74) is 0.224. The Morgan fingerprint density at radius 1 is 0.699 bits per heavy atom. The van der Waals surface area contributed by atoms with Crippen LogP contribution in [0.25, 0.3) is 0 Å². The van der Waals surface area contributed by atoms with E-state index in [-0.39, 0.29) is 46.7 Å². The quantitative estimate of drug-likeness (QED) is 0.0803. The Labute approximate surface area is 427 Å². The Kier molecular flexibility index (Phi) is 15.7. The van der Waals surface area contributed by atoms with Crippen LogP contribution in [-0.2, 0) is 42.7 Å². The average Bonchev–Trinajstić information content (AvgIpc) is 3.35. The van der Waals surface area contributed by atoms with Gasteiger partial charge in [-0.2, -0.15) is 0 Å². The highest BCUT2D eigenvalue weighted by molar-refractivity contribution is 5.79. The van der Waals surface area contributed by atoms with Crippen molar-refractivity contribution in [3.63, 3.8) is 0 Å². The van der Waals surface area contributed by atoms with Gasteiger partial charge < -0.3 is 94.1 Å². The van der Waals surface area contributed by atoms with Gasteiger partial charge in [0.1, 0.15) is 73.2 Å². The molecule has 4 saturated carbocycles. The van der Waals surface area contributed by atoms with Crippen molar-refractivity contribution >= 4 is 5.97 Å². The second kappa shape index (κ2) is 20.5. The summed E-state index contributed by atoms with van der Waals surface area (Å²) in [6.07, 6.45) is -16.2. The van der Waals surface area contributed by atoms with Crippen LogP contribution in [0.3, 0.4) is 0 Å². The fourth-order valence-electron chi connectivity index (χ4n) is 15.8. The Hall–Kier alpha value is -1.77. The summed E-state index contributed by atoms with van der Waals surface area (Å²) in [4.78, 5) is 14.9. The van der Waals surface area contributed by atoms with Crippen molar-refractivity contribution in [3.05, 3.63) is 23.8 Å². The predicted molar refractivity (Wildman–Crippen MR) is 254 cm³/mol. The van der Waals surface area contributed by atoms with Crippen LogP contribution >= 0.6 is 0 Å². The van der Waals surface area contributed by atoms with Gasteiger partial charge in [-0.3, -0.25) is 4.79 Å². The van der Waals surface area contributed by atoms with Crippen LogP contribution < -0.4 is 0 Å². The molecule has 20 nitrogen and oxygen atoms in total. The van der Waals surface area contributed by atoms with E-state index in [4.69, 9.17) is 37.9 Å². The summed E-state index contributed by atoms with van der Waals surface area (Å²) in [6.45, 7) is 18.0. The third-order valence-electron chi connectivity index (χ3n) is 20.8. The van der Waals surface area contributed by atoms with Crippen LogP contribution in [0.5, 0.6) is 0 Å². The number of hydrogen-bond donors (Lipinski definition) is 11. The molecular weight excluding hydrogens is 957 g/mol. The number of ether oxygens (including phenoxy) is 8. The van der Waals surface area contributed by atoms with E-state index in [9.17, 15) is 61.0 Å². The Morgan fingerprint density at radius 2 is 1.38 bits per heavy atom. The maximum atomic E-state index is 14.9. The van der Waals surface area contributed by atoms with E-state index in [1.165, 1.54) is 12.5 Å². The number of carbonyl (C=O) groups excluding carboxylic acids is 1. The van der Waals surface area contributed by atoms with E-state index in [0.717, 1.165) is 31.3 Å². The lowest BCUT2D eigenvalue weighted by atomic mass is 9.34. The summed E-state index contributed by atoms with van der Waals surface area (Å²) < 4.78 is 48.1. The largest absolute Gasteiger partial charge is 0.432 e. The molecule has 0 aromatic rings. The number of aliphatic hydroxyl groups is 11. The molecule has 27 atom stereocenters. The zero-order chi connectivity index (χ0) is 53.1. The Morgan fingerprint density at radius 3 is 2.10 bits per heavy atom. The number of rotatable bonds is 10. The fourth-order valence-corrected chi connectivity index (χ4v) is 15.8. The van der Waals surface area contributed by atoms with Gasteiger partial charge in [0.2, 0.25) is 6.29 Å². The number of esters is 1. The van der Waals surface area contributed by atoms with Gasteiger partial charge in [-0.1, -0.05) is 65.3 Å². The van der Waals surface area contributed by atoms with Gasteiger partial charge in [0.25, 0.3) is 0 Å². The highest BCUT2D eigenvalue weighted by Crippen LogP contribution is 2.75. The average molecular weight is 1040 g/mol. The minimum Gasteiger partial charge on any atom is -0.432 e. The molecule has 9 rings (SSSR count). The third kappa shape index (κ3) is 9.13. The number of aliphatic hydroxyl groups excluding tert-OH is 11. The number of fused-ring (bicyclic) bond motifs is 7. The van der Waals surface area contributed by atoms with Crippen molar-refractivity contribution in [2.75, 3.05) is 19.8 Å². The topological polar surface area (TPSA) is 313 Å². The summed E-state index contributed by atoms with van der Waals surface area (Å²) in [6, 6.07) is 0. The van der Waals surface area contributed by atoms with E-state index in [0.29, 0.717) is 38.5 Å². The van der Waals surface area contributed by atoms with Gasteiger partial charge in [-0.05, 0) is 105 Å². The second-order valence-electron chi connectivity index (χ2n) is 24.8. The van der Waals surface area contributed by atoms with Crippen molar-refractivity contribution in [2.45, 2.75) is 229 Å². The van der Waals surface area contributed by atoms with Crippen LogP contribution in [0.4, 0.5) is 0 Å². The molecule has 5 aliphatic carbocycles. The molecule has 0 radical (unpaired) electrons. The summed E-state index contributed by atoms with van der Waals surface area (Å²) in [5, 5.41) is 117. The van der Waals surface area contributed by atoms with E-state index >= 15 is 0 Å². The molecule has 4 saturated heterocycles. The van der Waals surface area contributed by atoms with Gasteiger partial charge in [-0.15, -0.1) is 0 Å². The summed E-state index contributed by atoms with van der Waals surface area (Å²) in [5.74, 6) is -1.09. The molecule has 0 amide bonds. The molecule has 4 aliphatic heterocycles. The molecule has 0 spiro atoms. The highest BCUT2D eigenvalue weighted by Gasteiger charge is 2.70. The first-order chi connectivity index (χ1) is 34.2.